The number of rotatable bonds is 7. The Morgan fingerprint density at radius 2 is 2.00 bits per heavy atom. The van der Waals surface area contributed by atoms with E-state index >= 15 is 0 Å². The molecule has 8 heteroatoms. The molecule has 0 unspecified atom stereocenters. The van der Waals surface area contributed by atoms with Crippen LogP contribution < -0.4 is 4.74 Å². The summed E-state index contributed by atoms with van der Waals surface area (Å²) in [5.41, 5.74) is 3.38. The summed E-state index contributed by atoms with van der Waals surface area (Å²) < 4.78 is 10.2. The van der Waals surface area contributed by atoms with Crippen LogP contribution in [0.2, 0.25) is 0 Å². The predicted octanol–water partition coefficient (Wildman–Crippen LogP) is 3.79. The quantitative estimate of drug-likeness (QED) is 0.554. The molecule has 0 aliphatic rings. The number of hydrogen-bond donors (Lipinski definition) is 0. The molecule has 0 atom stereocenters. The van der Waals surface area contributed by atoms with E-state index in [1.54, 1.807) is 28.9 Å². The zero-order valence-corrected chi connectivity index (χ0v) is 18.1. The van der Waals surface area contributed by atoms with Crippen LogP contribution in [-0.4, -0.2) is 37.4 Å². The van der Waals surface area contributed by atoms with Crippen LogP contribution in [0, 0.1) is 13.8 Å². The number of ether oxygens (including phenoxy) is 1. The molecule has 148 valence electrons. The summed E-state index contributed by atoms with van der Waals surface area (Å²) >= 11 is 3.49. The van der Waals surface area contributed by atoms with Crippen LogP contribution in [0.25, 0.3) is 0 Å². The van der Waals surface area contributed by atoms with Crippen LogP contribution in [0.4, 0.5) is 0 Å². The molecule has 0 fully saturated rings. The van der Waals surface area contributed by atoms with Crippen LogP contribution in [0.15, 0.2) is 41.1 Å². The first-order chi connectivity index (χ1) is 13.4. The highest BCUT2D eigenvalue weighted by molar-refractivity contribution is 9.10. The molecule has 0 N–H and O–H groups in total. The fourth-order valence-electron chi connectivity index (χ4n) is 2.74. The number of carbonyl (C=O) groups is 1. The van der Waals surface area contributed by atoms with Gasteiger partial charge in [0.15, 0.2) is 12.4 Å². The van der Waals surface area contributed by atoms with Gasteiger partial charge in [-0.25, -0.2) is 4.68 Å². The highest BCUT2D eigenvalue weighted by Crippen LogP contribution is 2.20. The van der Waals surface area contributed by atoms with Crippen molar-refractivity contribution in [1.82, 2.24) is 24.5 Å². The van der Waals surface area contributed by atoms with Crippen LogP contribution in [0.5, 0.6) is 5.75 Å². The van der Waals surface area contributed by atoms with E-state index in [0.29, 0.717) is 12.2 Å². The summed E-state index contributed by atoms with van der Waals surface area (Å²) in [6.45, 7) is 7.46. The third-order valence-corrected chi connectivity index (χ3v) is 5.06. The van der Waals surface area contributed by atoms with Gasteiger partial charge >= 0.3 is 0 Å². The SMILES string of the molecule is CCn1cc(Br)c(CN(C)C(=O)c2ccn(COc3cc(C)ccc3C)n2)n1. The largest absolute Gasteiger partial charge is 0.471 e. The van der Waals surface area contributed by atoms with Crippen LogP contribution in [0.3, 0.4) is 0 Å². The molecular formula is C20H24BrN5O2. The summed E-state index contributed by atoms with van der Waals surface area (Å²) in [6, 6.07) is 7.76. The van der Waals surface area contributed by atoms with Crippen molar-refractivity contribution in [3.05, 3.63) is 63.6 Å². The Morgan fingerprint density at radius 3 is 2.71 bits per heavy atom. The van der Waals surface area contributed by atoms with E-state index < -0.39 is 0 Å². The van der Waals surface area contributed by atoms with Crippen molar-refractivity contribution in [2.75, 3.05) is 7.05 Å². The minimum atomic E-state index is -0.163. The second-order valence-electron chi connectivity index (χ2n) is 6.72. The lowest BCUT2D eigenvalue weighted by molar-refractivity contribution is 0.0775. The first-order valence-corrected chi connectivity index (χ1v) is 9.87. The van der Waals surface area contributed by atoms with E-state index in [1.807, 2.05) is 49.8 Å². The number of aryl methyl sites for hydroxylation is 3. The maximum absolute atomic E-state index is 12.7. The van der Waals surface area contributed by atoms with Crippen LogP contribution in [-0.2, 0) is 19.8 Å². The van der Waals surface area contributed by atoms with E-state index in [4.69, 9.17) is 4.74 Å². The summed E-state index contributed by atoms with van der Waals surface area (Å²) in [5.74, 6) is 0.653. The van der Waals surface area contributed by atoms with E-state index in [1.165, 1.54) is 0 Å². The van der Waals surface area contributed by atoms with Crippen molar-refractivity contribution < 1.29 is 9.53 Å². The highest BCUT2D eigenvalue weighted by atomic mass is 79.9. The van der Waals surface area contributed by atoms with Gasteiger partial charge in [-0.3, -0.25) is 9.48 Å². The number of halogens is 1. The summed E-state index contributed by atoms with van der Waals surface area (Å²) in [6.07, 6.45) is 3.65. The Kier molecular flexibility index (Phi) is 6.18. The minimum absolute atomic E-state index is 0.163. The van der Waals surface area contributed by atoms with Crippen molar-refractivity contribution in [2.45, 2.75) is 40.6 Å². The average Bonchev–Trinajstić information content (AvgIpc) is 3.28. The smallest absolute Gasteiger partial charge is 0.274 e. The molecule has 1 aromatic carbocycles. The molecule has 0 radical (unpaired) electrons. The van der Waals surface area contributed by atoms with Crippen molar-refractivity contribution in [3.8, 4) is 5.75 Å². The van der Waals surface area contributed by atoms with E-state index in [-0.39, 0.29) is 12.6 Å². The third-order valence-electron chi connectivity index (χ3n) is 4.40. The van der Waals surface area contributed by atoms with E-state index in [2.05, 4.69) is 26.1 Å². The molecule has 1 amide bonds. The second kappa shape index (κ2) is 8.60. The molecule has 0 saturated heterocycles. The molecular weight excluding hydrogens is 422 g/mol. The second-order valence-corrected chi connectivity index (χ2v) is 7.58. The Labute approximate surface area is 173 Å². The molecule has 7 nitrogen and oxygen atoms in total. The van der Waals surface area contributed by atoms with Gasteiger partial charge in [0.25, 0.3) is 5.91 Å². The fourth-order valence-corrected chi connectivity index (χ4v) is 3.19. The lowest BCUT2D eigenvalue weighted by Gasteiger charge is -2.14. The van der Waals surface area contributed by atoms with E-state index in [0.717, 1.165) is 33.6 Å². The molecule has 28 heavy (non-hydrogen) atoms. The molecule has 3 rings (SSSR count). The zero-order chi connectivity index (χ0) is 20.3. The van der Waals surface area contributed by atoms with Crippen molar-refractivity contribution in [3.63, 3.8) is 0 Å². The van der Waals surface area contributed by atoms with Gasteiger partial charge in [0, 0.05) is 26.0 Å². The molecule has 0 aliphatic heterocycles. The topological polar surface area (TPSA) is 65.2 Å². The van der Waals surface area contributed by atoms with Gasteiger partial charge in [0.2, 0.25) is 0 Å². The summed E-state index contributed by atoms with van der Waals surface area (Å²) in [7, 11) is 1.74. The number of hydrogen-bond acceptors (Lipinski definition) is 4. The average molecular weight is 446 g/mol. The lowest BCUT2D eigenvalue weighted by atomic mass is 10.1. The predicted molar refractivity (Wildman–Crippen MR) is 110 cm³/mol. The number of benzene rings is 1. The van der Waals surface area contributed by atoms with Crippen molar-refractivity contribution in [2.24, 2.45) is 0 Å². The van der Waals surface area contributed by atoms with Gasteiger partial charge in [0.1, 0.15) is 5.75 Å². The monoisotopic (exact) mass is 445 g/mol. The normalized spacial score (nSPS) is 10.9. The molecule has 0 aliphatic carbocycles. The first-order valence-electron chi connectivity index (χ1n) is 9.08. The Hall–Kier alpha value is -2.61. The molecule has 3 aromatic rings. The molecule has 0 saturated carbocycles. The van der Waals surface area contributed by atoms with Crippen molar-refractivity contribution >= 4 is 21.8 Å². The van der Waals surface area contributed by atoms with Gasteiger partial charge < -0.3 is 9.64 Å². The van der Waals surface area contributed by atoms with Gasteiger partial charge in [-0.05, 0) is 60.0 Å². The molecule has 2 aromatic heterocycles. The van der Waals surface area contributed by atoms with Gasteiger partial charge in [-0.1, -0.05) is 12.1 Å². The summed E-state index contributed by atoms with van der Waals surface area (Å²) in [5, 5.41) is 8.81. The maximum atomic E-state index is 12.7. The fraction of sp³-hybridized carbons (Fsp3) is 0.350. The summed E-state index contributed by atoms with van der Waals surface area (Å²) in [4.78, 5) is 14.3. The number of aromatic nitrogens is 4. The maximum Gasteiger partial charge on any atom is 0.274 e. The van der Waals surface area contributed by atoms with Crippen molar-refractivity contribution in [1.29, 1.82) is 0 Å². The molecule has 0 bridgehead atoms. The molecule has 0 spiro atoms. The van der Waals surface area contributed by atoms with Crippen LogP contribution in [0.1, 0.15) is 34.2 Å². The minimum Gasteiger partial charge on any atom is -0.471 e. The highest BCUT2D eigenvalue weighted by Gasteiger charge is 2.18. The zero-order valence-electron chi connectivity index (χ0n) is 16.5. The lowest BCUT2D eigenvalue weighted by Crippen LogP contribution is -2.27. The number of nitrogens with zero attached hydrogens (tertiary/aromatic N) is 5. The Morgan fingerprint density at radius 1 is 1.21 bits per heavy atom. The van der Waals surface area contributed by atoms with Gasteiger partial charge in [0.05, 0.1) is 16.7 Å². The number of amides is 1. The van der Waals surface area contributed by atoms with Crippen LogP contribution >= 0.6 is 15.9 Å². The first kappa shape index (κ1) is 20.1. The standard InChI is InChI=1S/C20H24BrN5O2/c1-5-25-11-16(21)18(23-25)12-24(4)20(27)17-8-9-26(22-17)13-28-19-10-14(2)6-7-15(19)3/h6-11H,5,12-13H2,1-4H3. The number of carbonyl (C=O) groups excluding carboxylic acids is 1. The molecule has 2 heterocycles. The van der Waals surface area contributed by atoms with Gasteiger partial charge in [-0.2, -0.15) is 10.2 Å². The van der Waals surface area contributed by atoms with Gasteiger partial charge in [-0.15, -0.1) is 0 Å². The van der Waals surface area contributed by atoms with E-state index in [9.17, 15) is 4.79 Å². The third kappa shape index (κ3) is 4.62. The Bertz CT molecular complexity index is 979. The Balaban J connectivity index is 1.62.